The second kappa shape index (κ2) is 7.98. The zero-order valence-electron chi connectivity index (χ0n) is 16.6. The molecule has 0 bridgehead atoms. The van der Waals surface area contributed by atoms with Gasteiger partial charge in [0.2, 0.25) is 0 Å². The summed E-state index contributed by atoms with van der Waals surface area (Å²) in [6.07, 6.45) is 0. The first-order chi connectivity index (χ1) is 13.3. The van der Waals surface area contributed by atoms with Crippen LogP contribution in [0, 0.1) is 13.8 Å². The third-order valence-electron chi connectivity index (χ3n) is 4.46. The molecule has 1 amide bonds. The molecule has 0 atom stereocenters. The van der Waals surface area contributed by atoms with Gasteiger partial charge in [0.05, 0.1) is 17.3 Å². The number of hydrogen-bond acceptors (Lipinski definition) is 5. The van der Waals surface area contributed by atoms with Crippen LogP contribution < -0.4 is 9.70 Å². The highest BCUT2D eigenvalue weighted by atomic mass is 32.1. The second-order valence-corrected chi connectivity index (χ2v) is 7.81. The minimum absolute atomic E-state index is 0.00503. The monoisotopic (exact) mass is 397 g/mol. The van der Waals surface area contributed by atoms with E-state index in [1.165, 1.54) is 18.4 Å². The summed E-state index contributed by atoms with van der Waals surface area (Å²) in [6, 6.07) is 11.3. The van der Waals surface area contributed by atoms with E-state index in [1.807, 2.05) is 51.0 Å². The Balaban J connectivity index is 2.12. The van der Waals surface area contributed by atoms with E-state index in [4.69, 9.17) is 4.74 Å². The average molecular weight is 398 g/mol. The van der Waals surface area contributed by atoms with E-state index in [0.717, 1.165) is 27.0 Å². The van der Waals surface area contributed by atoms with Crippen molar-refractivity contribution in [3.8, 4) is 0 Å². The van der Waals surface area contributed by atoms with Crippen molar-refractivity contribution in [1.82, 2.24) is 4.57 Å². The molecule has 7 heteroatoms. The van der Waals surface area contributed by atoms with E-state index in [0.29, 0.717) is 10.4 Å². The predicted octanol–water partition coefficient (Wildman–Crippen LogP) is 3.30. The maximum Gasteiger partial charge on any atom is 0.325 e. The van der Waals surface area contributed by atoms with Gasteiger partial charge in [0.15, 0.2) is 4.80 Å². The molecule has 0 unspecified atom stereocenters. The molecule has 0 fully saturated rings. The van der Waals surface area contributed by atoms with Crippen molar-refractivity contribution >= 4 is 39.1 Å². The molecule has 0 aliphatic rings. The van der Waals surface area contributed by atoms with Crippen LogP contribution in [0.4, 0.5) is 5.69 Å². The van der Waals surface area contributed by atoms with Crippen LogP contribution in [0.2, 0.25) is 0 Å². The maximum absolute atomic E-state index is 12.7. The van der Waals surface area contributed by atoms with Gasteiger partial charge in [-0.3, -0.25) is 9.59 Å². The minimum atomic E-state index is -0.386. The topological polar surface area (TPSA) is 63.9 Å². The molecule has 0 spiro atoms. The molecule has 3 aromatic rings. The maximum atomic E-state index is 12.7. The fraction of sp³-hybridized carbons (Fsp3) is 0.286. The van der Waals surface area contributed by atoms with E-state index < -0.39 is 0 Å². The lowest BCUT2D eigenvalue weighted by atomic mass is 10.1. The van der Waals surface area contributed by atoms with E-state index in [-0.39, 0.29) is 18.4 Å². The highest BCUT2D eigenvalue weighted by molar-refractivity contribution is 7.16. The van der Waals surface area contributed by atoms with Crippen LogP contribution in [0.15, 0.2) is 41.4 Å². The number of benzene rings is 2. The van der Waals surface area contributed by atoms with E-state index in [2.05, 4.69) is 11.1 Å². The molecule has 0 saturated heterocycles. The first-order valence-corrected chi connectivity index (χ1v) is 9.65. The number of fused-ring (bicyclic) bond motifs is 1. The Labute approximate surface area is 167 Å². The summed E-state index contributed by atoms with van der Waals surface area (Å²) in [4.78, 5) is 31.4. The largest absolute Gasteiger partial charge is 0.468 e. The van der Waals surface area contributed by atoms with Crippen molar-refractivity contribution in [1.29, 1.82) is 0 Å². The summed E-state index contributed by atoms with van der Waals surface area (Å²) in [6.45, 7) is 4.02. The fourth-order valence-corrected chi connectivity index (χ4v) is 4.08. The molecule has 0 aliphatic carbocycles. The van der Waals surface area contributed by atoms with Crippen molar-refractivity contribution in [3.63, 3.8) is 0 Å². The van der Waals surface area contributed by atoms with Gasteiger partial charge < -0.3 is 14.2 Å². The standard InChI is InChI=1S/C21H23N3O3S/c1-13-10-14(2)19-17(11-13)24(12-18(25)27-5)21(28-19)22-20(26)15-6-8-16(9-7-15)23(3)4/h6-11H,12H2,1-5H3. The van der Waals surface area contributed by atoms with Crippen molar-refractivity contribution in [2.24, 2.45) is 4.99 Å². The number of carbonyl (C=O) groups is 2. The Bertz CT molecular complexity index is 1110. The van der Waals surface area contributed by atoms with E-state index in [9.17, 15) is 9.59 Å². The number of amides is 1. The molecule has 0 N–H and O–H groups in total. The molecule has 0 aliphatic heterocycles. The number of aromatic nitrogens is 1. The van der Waals surface area contributed by atoms with Crippen LogP contribution in [0.5, 0.6) is 0 Å². The van der Waals surface area contributed by atoms with Gasteiger partial charge in [-0.2, -0.15) is 4.99 Å². The number of rotatable bonds is 4. The molecular formula is C21H23N3O3S. The molecule has 28 heavy (non-hydrogen) atoms. The molecule has 0 saturated carbocycles. The first-order valence-electron chi connectivity index (χ1n) is 8.84. The fourth-order valence-electron chi connectivity index (χ4n) is 3.00. The van der Waals surface area contributed by atoms with Gasteiger partial charge in [0.1, 0.15) is 6.54 Å². The quantitative estimate of drug-likeness (QED) is 0.634. The van der Waals surface area contributed by atoms with Crippen LogP contribution in [0.25, 0.3) is 10.2 Å². The Morgan fingerprint density at radius 1 is 1.14 bits per heavy atom. The summed E-state index contributed by atoms with van der Waals surface area (Å²) in [5, 5.41) is 0. The van der Waals surface area contributed by atoms with Crippen LogP contribution in [-0.4, -0.2) is 37.6 Å². The van der Waals surface area contributed by atoms with Gasteiger partial charge in [-0.05, 0) is 55.3 Å². The number of esters is 1. The third-order valence-corrected chi connectivity index (χ3v) is 5.69. The van der Waals surface area contributed by atoms with Gasteiger partial charge in [-0.25, -0.2) is 0 Å². The zero-order valence-corrected chi connectivity index (χ0v) is 17.5. The molecule has 6 nitrogen and oxygen atoms in total. The highest BCUT2D eigenvalue weighted by Crippen LogP contribution is 2.23. The number of hydrogen-bond donors (Lipinski definition) is 0. The van der Waals surface area contributed by atoms with Crippen molar-refractivity contribution in [2.75, 3.05) is 26.1 Å². The molecule has 1 heterocycles. The number of thiazole rings is 1. The first kappa shape index (κ1) is 19.8. The Morgan fingerprint density at radius 3 is 2.43 bits per heavy atom. The van der Waals surface area contributed by atoms with Gasteiger partial charge in [0.25, 0.3) is 5.91 Å². The average Bonchev–Trinajstić information content (AvgIpc) is 2.99. The van der Waals surface area contributed by atoms with Crippen LogP contribution in [0.3, 0.4) is 0 Å². The number of methoxy groups -OCH3 is 1. The van der Waals surface area contributed by atoms with Gasteiger partial charge in [-0.15, -0.1) is 0 Å². The number of aryl methyl sites for hydroxylation is 2. The number of anilines is 1. The summed E-state index contributed by atoms with van der Waals surface area (Å²) < 4.78 is 7.58. The summed E-state index contributed by atoms with van der Waals surface area (Å²) >= 11 is 1.40. The number of carbonyl (C=O) groups excluding carboxylic acids is 2. The van der Waals surface area contributed by atoms with Crippen LogP contribution >= 0.6 is 11.3 Å². The highest BCUT2D eigenvalue weighted by Gasteiger charge is 2.14. The second-order valence-electron chi connectivity index (χ2n) is 6.84. The molecule has 1 aromatic heterocycles. The predicted molar refractivity (Wildman–Crippen MR) is 112 cm³/mol. The molecule has 3 rings (SSSR count). The lowest BCUT2D eigenvalue weighted by molar-refractivity contribution is -0.141. The zero-order chi connectivity index (χ0) is 20.4. The molecule has 2 aromatic carbocycles. The molecule has 146 valence electrons. The van der Waals surface area contributed by atoms with Gasteiger partial charge in [0, 0.05) is 25.3 Å². The summed E-state index contributed by atoms with van der Waals surface area (Å²) in [5.74, 6) is -0.729. The van der Waals surface area contributed by atoms with Crippen molar-refractivity contribution in [3.05, 3.63) is 57.9 Å². The summed E-state index contributed by atoms with van der Waals surface area (Å²) in [7, 11) is 5.24. The van der Waals surface area contributed by atoms with E-state index in [1.54, 1.807) is 16.7 Å². The Hall–Kier alpha value is -2.93. The van der Waals surface area contributed by atoms with E-state index >= 15 is 0 Å². The van der Waals surface area contributed by atoms with Crippen molar-refractivity contribution in [2.45, 2.75) is 20.4 Å². The smallest absolute Gasteiger partial charge is 0.325 e. The lowest BCUT2D eigenvalue weighted by Gasteiger charge is -2.11. The van der Waals surface area contributed by atoms with Crippen molar-refractivity contribution < 1.29 is 14.3 Å². The minimum Gasteiger partial charge on any atom is -0.468 e. The van der Waals surface area contributed by atoms with Crippen LogP contribution in [0.1, 0.15) is 21.5 Å². The Kier molecular flexibility index (Phi) is 5.65. The molecule has 0 radical (unpaired) electrons. The van der Waals surface area contributed by atoms with Crippen LogP contribution in [-0.2, 0) is 16.1 Å². The number of ether oxygens (including phenoxy) is 1. The normalized spacial score (nSPS) is 11.7. The SMILES string of the molecule is COC(=O)Cn1c(=NC(=O)c2ccc(N(C)C)cc2)sc2c(C)cc(C)cc21. The van der Waals surface area contributed by atoms with Gasteiger partial charge in [-0.1, -0.05) is 17.4 Å². The number of nitrogens with zero attached hydrogens (tertiary/aromatic N) is 3. The summed E-state index contributed by atoms with van der Waals surface area (Å²) in [5.41, 5.74) is 4.55. The molecular weight excluding hydrogens is 374 g/mol. The lowest BCUT2D eigenvalue weighted by Crippen LogP contribution is -2.22. The Morgan fingerprint density at radius 2 is 1.82 bits per heavy atom. The van der Waals surface area contributed by atoms with Gasteiger partial charge >= 0.3 is 5.97 Å². The third kappa shape index (κ3) is 3.99.